The van der Waals surface area contributed by atoms with Crippen LogP contribution in [0.3, 0.4) is 0 Å². The lowest BCUT2D eigenvalue weighted by Crippen LogP contribution is -2.28. The van der Waals surface area contributed by atoms with E-state index < -0.39 is 0 Å². The summed E-state index contributed by atoms with van der Waals surface area (Å²) in [7, 11) is 0. The second-order valence-electron chi connectivity index (χ2n) is 5.61. The zero-order chi connectivity index (χ0) is 16.1. The summed E-state index contributed by atoms with van der Waals surface area (Å²) >= 11 is 0. The fourth-order valence-corrected chi connectivity index (χ4v) is 2.61. The average molecular weight is 314 g/mol. The third-order valence-electron chi connectivity index (χ3n) is 3.91. The number of amides is 2. The van der Waals surface area contributed by atoms with Gasteiger partial charge in [-0.05, 0) is 31.4 Å². The maximum atomic E-state index is 11.9. The predicted molar refractivity (Wildman–Crippen MR) is 89.4 cm³/mol. The number of carbonyl (C=O) groups excluding carboxylic acids is 1. The Morgan fingerprint density at radius 1 is 1.26 bits per heavy atom. The molecule has 0 aromatic carbocycles. The second-order valence-corrected chi connectivity index (χ2v) is 5.61. The van der Waals surface area contributed by atoms with Crippen LogP contribution in [0.2, 0.25) is 0 Å². The van der Waals surface area contributed by atoms with E-state index in [0.29, 0.717) is 12.2 Å². The van der Waals surface area contributed by atoms with Crippen molar-refractivity contribution in [2.75, 3.05) is 23.3 Å². The largest absolute Gasteiger partial charge is 0.357 e. The molecule has 0 atom stereocenters. The summed E-state index contributed by atoms with van der Waals surface area (Å²) in [5.41, 5.74) is 1.67. The summed E-state index contributed by atoms with van der Waals surface area (Å²) in [5.74, 6) is 1.02. The lowest BCUT2D eigenvalue weighted by molar-refractivity contribution is 0.251. The van der Waals surface area contributed by atoms with Gasteiger partial charge in [-0.15, -0.1) is 0 Å². The Balaban J connectivity index is 1.48. The molecule has 1 fully saturated rings. The van der Waals surface area contributed by atoms with Crippen molar-refractivity contribution in [3.8, 4) is 0 Å². The Hall–Kier alpha value is -2.57. The number of hydrogen-bond acceptors (Lipinski definition) is 4. The Bertz CT molecular complexity index is 645. The van der Waals surface area contributed by atoms with Crippen molar-refractivity contribution in [2.45, 2.75) is 32.9 Å². The van der Waals surface area contributed by atoms with Gasteiger partial charge in [-0.2, -0.15) is 5.10 Å². The highest BCUT2D eigenvalue weighted by molar-refractivity contribution is 5.88. The Labute approximate surface area is 135 Å². The smallest absolute Gasteiger partial charge is 0.319 e. The van der Waals surface area contributed by atoms with Crippen molar-refractivity contribution in [3.05, 3.63) is 36.3 Å². The summed E-state index contributed by atoms with van der Waals surface area (Å²) in [6.07, 6.45) is 7.73. The molecule has 2 aromatic rings. The number of rotatable bonds is 5. The summed E-state index contributed by atoms with van der Waals surface area (Å²) in [5, 5.41) is 9.70. The fraction of sp³-hybridized carbons (Fsp3) is 0.438. The van der Waals surface area contributed by atoms with Crippen LogP contribution < -0.4 is 15.5 Å². The van der Waals surface area contributed by atoms with Gasteiger partial charge in [0.05, 0.1) is 11.9 Å². The van der Waals surface area contributed by atoms with Crippen LogP contribution in [-0.4, -0.2) is 33.9 Å². The van der Waals surface area contributed by atoms with Gasteiger partial charge < -0.3 is 15.5 Å². The molecule has 1 aliphatic rings. The topological polar surface area (TPSA) is 75.1 Å². The number of urea groups is 1. The Morgan fingerprint density at radius 2 is 2.09 bits per heavy atom. The van der Waals surface area contributed by atoms with Crippen LogP contribution >= 0.6 is 0 Å². The van der Waals surface area contributed by atoms with E-state index in [0.717, 1.165) is 31.0 Å². The molecular weight excluding hydrogens is 292 g/mol. The molecule has 7 nitrogen and oxygen atoms in total. The van der Waals surface area contributed by atoms with Gasteiger partial charge in [0.1, 0.15) is 5.82 Å². The van der Waals surface area contributed by atoms with E-state index in [4.69, 9.17) is 0 Å². The molecule has 3 rings (SSSR count). The summed E-state index contributed by atoms with van der Waals surface area (Å²) in [6.45, 7) is 5.38. The molecule has 1 saturated heterocycles. The molecular formula is C16H22N6O. The first-order valence-corrected chi connectivity index (χ1v) is 8.02. The molecule has 23 heavy (non-hydrogen) atoms. The number of nitrogens with zero attached hydrogens (tertiary/aromatic N) is 4. The van der Waals surface area contributed by atoms with Gasteiger partial charge in [0.25, 0.3) is 0 Å². The first-order chi connectivity index (χ1) is 11.2. The number of anilines is 2. The van der Waals surface area contributed by atoms with Gasteiger partial charge in [0.2, 0.25) is 0 Å². The summed E-state index contributed by atoms with van der Waals surface area (Å²) < 4.78 is 1.76. The van der Waals surface area contributed by atoms with Gasteiger partial charge in [0.15, 0.2) is 0 Å². The predicted octanol–water partition coefficient (Wildman–Crippen LogP) is 2.22. The normalized spacial score (nSPS) is 14.0. The van der Waals surface area contributed by atoms with Crippen molar-refractivity contribution in [3.63, 3.8) is 0 Å². The highest BCUT2D eigenvalue weighted by atomic mass is 16.2. The van der Waals surface area contributed by atoms with Crippen LogP contribution in [0, 0.1) is 0 Å². The minimum absolute atomic E-state index is 0.246. The van der Waals surface area contributed by atoms with Gasteiger partial charge >= 0.3 is 6.03 Å². The van der Waals surface area contributed by atoms with Crippen LogP contribution in [0.25, 0.3) is 0 Å². The van der Waals surface area contributed by atoms with Crippen LogP contribution in [0.1, 0.15) is 25.3 Å². The van der Waals surface area contributed by atoms with Crippen LogP contribution in [0.15, 0.2) is 30.7 Å². The van der Waals surface area contributed by atoms with E-state index in [1.165, 1.54) is 12.8 Å². The average Bonchev–Trinajstić information content (AvgIpc) is 3.25. The van der Waals surface area contributed by atoms with Gasteiger partial charge in [-0.3, -0.25) is 4.68 Å². The number of aromatic nitrogens is 3. The minimum Gasteiger partial charge on any atom is -0.357 e. The molecule has 2 amide bonds. The molecule has 0 bridgehead atoms. The molecule has 1 aliphatic heterocycles. The maximum absolute atomic E-state index is 11.9. The third-order valence-corrected chi connectivity index (χ3v) is 3.91. The van der Waals surface area contributed by atoms with E-state index >= 15 is 0 Å². The van der Waals surface area contributed by atoms with Crippen molar-refractivity contribution in [1.29, 1.82) is 0 Å². The highest BCUT2D eigenvalue weighted by Crippen LogP contribution is 2.17. The van der Waals surface area contributed by atoms with Crippen LogP contribution in [0.4, 0.5) is 16.3 Å². The molecule has 0 unspecified atom stereocenters. The van der Waals surface area contributed by atoms with Crippen molar-refractivity contribution >= 4 is 17.5 Å². The quantitative estimate of drug-likeness (QED) is 0.887. The molecule has 7 heteroatoms. The molecule has 2 N–H and O–H groups in total. The lowest BCUT2D eigenvalue weighted by atomic mass is 10.3. The summed E-state index contributed by atoms with van der Waals surface area (Å²) in [6, 6.07) is 3.78. The van der Waals surface area contributed by atoms with E-state index in [-0.39, 0.29) is 6.03 Å². The van der Waals surface area contributed by atoms with Crippen LogP contribution in [-0.2, 0) is 13.1 Å². The van der Waals surface area contributed by atoms with E-state index in [2.05, 4.69) is 25.6 Å². The minimum atomic E-state index is -0.246. The van der Waals surface area contributed by atoms with Gasteiger partial charge in [-0.1, -0.05) is 6.07 Å². The second kappa shape index (κ2) is 7.13. The zero-order valence-corrected chi connectivity index (χ0v) is 13.3. The SMILES string of the molecule is CCn1cc(NC(=O)NCc2ccc(N3CCCC3)nc2)cn1. The Morgan fingerprint density at radius 3 is 2.74 bits per heavy atom. The van der Waals surface area contributed by atoms with Crippen LogP contribution in [0.5, 0.6) is 0 Å². The monoisotopic (exact) mass is 314 g/mol. The lowest BCUT2D eigenvalue weighted by Gasteiger charge is -2.16. The molecule has 122 valence electrons. The molecule has 0 radical (unpaired) electrons. The first-order valence-electron chi connectivity index (χ1n) is 8.02. The number of hydrogen-bond donors (Lipinski definition) is 2. The molecule has 3 heterocycles. The standard InChI is InChI=1S/C16H22N6O/c1-2-22-12-14(11-19-22)20-16(23)18-10-13-5-6-15(17-9-13)21-7-3-4-8-21/h5-6,9,11-12H,2-4,7-8,10H2,1H3,(H2,18,20,23). The highest BCUT2D eigenvalue weighted by Gasteiger charge is 2.13. The maximum Gasteiger partial charge on any atom is 0.319 e. The number of nitrogens with one attached hydrogen (secondary N) is 2. The number of carbonyl (C=O) groups is 1. The van der Waals surface area contributed by atoms with Crippen molar-refractivity contribution < 1.29 is 4.79 Å². The third kappa shape index (κ3) is 4.00. The first kappa shape index (κ1) is 15.3. The van der Waals surface area contributed by atoms with Crippen molar-refractivity contribution in [1.82, 2.24) is 20.1 Å². The van der Waals surface area contributed by atoms with E-state index in [1.807, 2.05) is 25.3 Å². The number of pyridine rings is 1. The number of aryl methyl sites for hydroxylation is 1. The Kier molecular flexibility index (Phi) is 4.75. The van der Waals surface area contributed by atoms with E-state index in [1.54, 1.807) is 17.1 Å². The fourth-order valence-electron chi connectivity index (χ4n) is 2.61. The van der Waals surface area contributed by atoms with Crippen molar-refractivity contribution in [2.24, 2.45) is 0 Å². The molecule has 0 saturated carbocycles. The molecule has 0 aliphatic carbocycles. The molecule has 0 spiro atoms. The zero-order valence-electron chi connectivity index (χ0n) is 13.3. The van der Waals surface area contributed by atoms with Gasteiger partial charge in [-0.25, -0.2) is 9.78 Å². The van der Waals surface area contributed by atoms with E-state index in [9.17, 15) is 4.79 Å². The van der Waals surface area contributed by atoms with Gasteiger partial charge in [0, 0.05) is 38.6 Å². The molecule has 2 aromatic heterocycles. The summed E-state index contributed by atoms with van der Waals surface area (Å²) in [4.78, 5) is 18.6.